The Bertz CT molecular complexity index is 991. The fourth-order valence-corrected chi connectivity index (χ4v) is 3.53. The van der Waals surface area contributed by atoms with Crippen molar-refractivity contribution in [1.82, 2.24) is 4.90 Å². The van der Waals surface area contributed by atoms with Crippen LogP contribution in [-0.2, 0) is 16.7 Å². The summed E-state index contributed by atoms with van der Waals surface area (Å²) < 4.78 is 35.0. The molecule has 0 aliphatic heterocycles. The number of halogens is 1. The van der Waals surface area contributed by atoms with Crippen LogP contribution in [-0.4, -0.2) is 37.6 Å². The molecule has 6 nitrogen and oxygen atoms in total. The van der Waals surface area contributed by atoms with E-state index in [4.69, 9.17) is 20.5 Å². The van der Waals surface area contributed by atoms with Crippen LogP contribution in [0.1, 0.15) is 50.0 Å². The zero-order valence-corrected chi connectivity index (χ0v) is 19.5. The molecule has 1 atom stereocenters. The first kappa shape index (κ1) is 24.0. The molecule has 0 N–H and O–H groups in total. The minimum absolute atomic E-state index is 0.0559. The molecule has 0 aliphatic rings. The summed E-state index contributed by atoms with van der Waals surface area (Å²) in [6.07, 6.45) is 0.747. The molecule has 8 heteroatoms. The Morgan fingerprint density at radius 1 is 1.10 bits per heavy atom. The molecule has 0 bridgehead atoms. The van der Waals surface area contributed by atoms with Gasteiger partial charge in [0, 0.05) is 12.6 Å². The maximum absolute atomic E-state index is 13.2. The molecule has 0 saturated heterocycles. The zero-order valence-electron chi connectivity index (χ0n) is 17.9. The first-order valence-corrected chi connectivity index (χ1v) is 11.6. The van der Waals surface area contributed by atoms with Gasteiger partial charge in [0.25, 0.3) is 5.91 Å². The number of rotatable bonds is 9. The Morgan fingerprint density at radius 3 is 2.33 bits per heavy atom. The van der Waals surface area contributed by atoms with Crippen LogP contribution < -0.4 is 8.92 Å². The molecule has 0 aliphatic carbocycles. The molecule has 2 aromatic rings. The number of benzene rings is 2. The lowest BCUT2D eigenvalue weighted by atomic mass is 10.1. The van der Waals surface area contributed by atoms with Gasteiger partial charge < -0.3 is 13.8 Å². The van der Waals surface area contributed by atoms with Crippen LogP contribution in [0.5, 0.6) is 11.5 Å². The van der Waals surface area contributed by atoms with Gasteiger partial charge in [-0.05, 0) is 57.0 Å². The average molecular weight is 454 g/mol. The average Bonchev–Trinajstić information content (AvgIpc) is 2.71. The normalized spacial score (nSPS) is 12.5. The standard InChI is InChI=1S/C22H28ClNO5S/c1-6-16(4)24(22(25)18-9-7-8-10-19(18)23)14-17-11-12-20(28-5)21(13-17)29-30(26,27)15(2)3/h7-13,15-16H,6,14H2,1-5H3. The van der Waals surface area contributed by atoms with Gasteiger partial charge in [-0.15, -0.1) is 0 Å². The van der Waals surface area contributed by atoms with Gasteiger partial charge in [0.1, 0.15) is 0 Å². The van der Waals surface area contributed by atoms with Gasteiger partial charge in [-0.3, -0.25) is 4.79 Å². The van der Waals surface area contributed by atoms with Gasteiger partial charge in [0.15, 0.2) is 11.5 Å². The molecule has 0 radical (unpaired) electrons. The van der Waals surface area contributed by atoms with Crippen molar-refractivity contribution in [2.24, 2.45) is 0 Å². The van der Waals surface area contributed by atoms with Crippen molar-refractivity contribution in [3.63, 3.8) is 0 Å². The van der Waals surface area contributed by atoms with Crippen LogP contribution >= 0.6 is 11.6 Å². The van der Waals surface area contributed by atoms with E-state index in [-0.39, 0.29) is 24.2 Å². The van der Waals surface area contributed by atoms with Crippen LogP contribution in [0.25, 0.3) is 0 Å². The Kier molecular flexibility index (Phi) is 8.15. The van der Waals surface area contributed by atoms with E-state index in [9.17, 15) is 13.2 Å². The number of nitrogens with zero attached hydrogens (tertiary/aromatic N) is 1. The third kappa shape index (κ3) is 5.67. The van der Waals surface area contributed by atoms with E-state index in [0.29, 0.717) is 21.9 Å². The van der Waals surface area contributed by atoms with E-state index >= 15 is 0 Å². The van der Waals surface area contributed by atoms with Crippen molar-refractivity contribution in [3.05, 3.63) is 58.6 Å². The van der Waals surface area contributed by atoms with Crippen molar-refractivity contribution >= 4 is 27.6 Å². The van der Waals surface area contributed by atoms with Gasteiger partial charge in [-0.2, -0.15) is 8.42 Å². The number of hydrogen-bond acceptors (Lipinski definition) is 5. The highest BCUT2D eigenvalue weighted by Crippen LogP contribution is 2.31. The Morgan fingerprint density at radius 2 is 1.77 bits per heavy atom. The van der Waals surface area contributed by atoms with E-state index in [2.05, 4.69) is 0 Å². The molecule has 0 fully saturated rings. The predicted molar refractivity (Wildman–Crippen MR) is 119 cm³/mol. The second-order valence-corrected chi connectivity index (χ2v) is 9.78. The number of carbonyl (C=O) groups excluding carboxylic acids is 1. The second kappa shape index (κ2) is 10.2. The number of amides is 1. The minimum Gasteiger partial charge on any atom is -0.493 e. The lowest BCUT2D eigenvalue weighted by Crippen LogP contribution is -2.38. The zero-order chi connectivity index (χ0) is 22.5. The summed E-state index contributed by atoms with van der Waals surface area (Å²) >= 11 is 6.23. The summed E-state index contributed by atoms with van der Waals surface area (Å²) in [7, 11) is -2.35. The summed E-state index contributed by atoms with van der Waals surface area (Å²) in [5.41, 5.74) is 1.14. The smallest absolute Gasteiger partial charge is 0.311 e. The molecular weight excluding hydrogens is 426 g/mol. The summed E-state index contributed by atoms with van der Waals surface area (Å²) in [4.78, 5) is 14.9. The van der Waals surface area contributed by atoms with Gasteiger partial charge in [0.05, 0.1) is 22.9 Å². The maximum Gasteiger partial charge on any atom is 0.311 e. The van der Waals surface area contributed by atoms with Crippen molar-refractivity contribution in [3.8, 4) is 11.5 Å². The Labute approximate surface area is 183 Å². The highest BCUT2D eigenvalue weighted by molar-refractivity contribution is 7.87. The number of hydrogen-bond donors (Lipinski definition) is 0. The summed E-state index contributed by atoms with van der Waals surface area (Å²) in [6, 6.07) is 11.9. The molecule has 1 amide bonds. The minimum atomic E-state index is -3.79. The van der Waals surface area contributed by atoms with Crippen molar-refractivity contribution in [2.75, 3.05) is 7.11 Å². The second-order valence-electron chi connectivity index (χ2n) is 7.28. The molecule has 0 spiro atoms. The number of carbonyl (C=O) groups is 1. The van der Waals surface area contributed by atoms with Crippen LogP contribution in [0.4, 0.5) is 0 Å². The summed E-state index contributed by atoms with van der Waals surface area (Å²) in [5.74, 6) is 0.205. The van der Waals surface area contributed by atoms with Gasteiger partial charge in [-0.1, -0.05) is 36.7 Å². The molecule has 1 unspecified atom stereocenters. The molecule has 0 heterocycles. The van der Waals surface area contributed by atoms with E-state index in [0.717, 1.165) is 6.42 Å². The van der Waals surface area contributed by atoms with Crippen LogP contribution in [0.3, 0.4) is 0 Å². The number of ether oxygens (including phenoxy) is 1. The molecule has 30 heavy (non-hydrogen) atoms. The molecule has 2 aromatic carbocycles. The topological polar surface area (TPSA) is 72.9 Å². The highest BCUT2D eigenvalue weighted by atomic mass is 35.5. The number of methoxy groups -OCH3 is 1. The maximum atomic E-state index is 13.2. The van der Waals surface area contributed by atoms with Crippen molar-refractivity contribution < 1.29 is 22.1 Å². The monoisotopic (exact) mass is 453 g/mol. The molecule has 0 saturated carbocycles. The molecule has 164 valence electrons. The third-order valence-electron chi connectivity index (χ3n) is 4.85. The molecular formula is C22H28ClNO5S. The van der Waals surface area contributed by atoms with Crippen LogP contribution in [0.15, 0.2) is 42.5 Å². The van der Waals surface area contributed by atoms with Gasteiger partial charge in [-0.25, -0.2) is 0 Å². The van der Waals surface area contributed by atoms with Gasteiger partial charge >= 0.3 is 10.1 Å². The van der Waals surface area contributed by atoms with Crippen molar-refractivity contribution in [2.45, 2.75) is 52.0 Å². The van der Waals surface area contributed by atoms with E-state index in [1.165, 1.54) is 7.11 Å². The Hall–Kier alpha value is -2.25. The van der Waals surface area contributed by atoms with E-state index in [1.54, 1.807) is 61.2 Å². The highest BCUT2D eigenvalue weighted by Gasteiger charge is 2.24. The summed E-state index contributed by atoms with van der Waals surface area (Å²) in [6.45, 7) is 7.30. The SMILES string of the molecule is CCC(C)N(Cc1ccc(OC)c(OS(=O)(=O)C(C)C)c1)C(=O)c1ccccc1Cl. The molecule has 0 aromatic heterocycles. The van der Waals surface area contributed by atoms with Crippen LogP contribution in [0.2, 0.25) is 5.02 Å². The first-order chi connectivity index (χ1) is 14.1. The lowest BCUT2D eigenvalue weighted by molar-refractivity contribution is 0.0671. The fraction of sp³-hybridized carbons (Fsp3) is 0.409. The third-order valence-corrected chi connectivity index (χ3v) is 6.75. The molecule has 2 rings (SSSR count). The fourth-order valence-electron chi connectivity index (χ4n) is 2.74. The van der Waals surface area contributed by atoms with Gasteiger partial charge in [0.2, 0.25) is 0 Å². The van der Waals surface area contributed by atoms with Crippen molar-refractivity contribution in [1.29, 1.82) is 0 Å². The lowest BCUT2D eigenvalue weighted by Gasteiger charge is -2.29. The predicted octanol–water partition coefficient (Wildman–Crippen LogP) is 4.91. The Balaban J connectivity index is 2.40. The largest absolute Gasteiger partial charge is 0.493 e. The first-order valence-electron chi connectivity index (χ1n) is 9.76. The summed E-state index contributed by atoms with van der Waals surface area (Å²) in [5, 5.41) is -0.318. The van der Waals surface area contributed by atoms with Crippen LogP contribution in [0, 0.1) is 0 Å². The quantitative estimate of drug-likeness (QED) is 0.504. The van der Waals surface area contributed by atoms with E-state index in [1.807, 2.05) is 13.8 Å². The van der Waals surface area contributed by atoms with E-state index < -0.39 is 15.4 Å².